The molecule has 7 nitrogen and oxygen atoms in total. The van der Waals surface area contributed by atoms with Crippen LogP contribution >= 0.6 is 24.0 Å². The van der Waals surface area contributed by atoms with Crippen LogP contribution in [0.5, 0.6) is 0 Å². The van der Waals surface area contributed by atoms with E-state index < -0.39 is 0 Å². The van der Waals surface area contributed by atoms with E-state index in [0.717, 1.165) is 64.2 Å². The molecule has 2 aliphatic rings. The third-order valence-electron chi connectivity index (χ3n) is 5.79. The van der Waals surface area contributed by atoms with Crippen LogP contribution in [0.2, 0.25) is 0 Å². The van der Waals surface area contributed by atoms with Crippen molar-refractivity contribution in [2.45, 2.75) is 64.3 Å². The molecule has 29 heavy (non-hydrogen) atoms. The van der Waals surface area contributed by atoms with Crippen molar-refractivity contribution in [1.29, 1.82) is 0 Å². The highest BCUT2D eigenvalue weighted by Crippen LogP contribution is 2.26. The van der Waals surface area contributed by atoms with Crippen LogP contribution in [0.15, 0.2) is 17.4 Å². The van der Waals surface area contributed by atoms with Gasteiger partial charge in [0, 0.05) is 51.4 Å². The molecule has 8 heteroatoms. The number of likely N-dealkylation sites (tertiary alicyclic amines) is 1. The summed E-state index contributed by atoms with van der Waals surface area (Å²) in [4.78, 5) is 19.5. The van der Waals surface area contributed by atoms with Crippen LogP contribution in [0.1, 0.15) is 57.4 Å². The summed E-state index contributed by atoms with van der Waals surface area (Å²) in [6.45, 7) is 5.37. The number of halogens is 1. The van der Waals surface area contributed by atoms with Gasteiger partial charge in [-0.1, -0.05) is 19.3 Å². The lowest BCUT2D eigenvalue weighted by Gasteiger charge is -2.26. The van der Waals surface area contributed by atoms with E-state index in [2.05, 4.69) is 33.8 Å². The Labute approximate surface area is 192 Å². The second-order valence-corrected chi connectivity index (χ2v) is 8.14. The minimum Gasteiger partial charge on any atom is -0.357 e. The van der Waals surface area contributed by atoms with Crippen LogP contribution in [0.25, 0.3) is 0 Å². The molecule has 0 aromatic carbocycles. The molecule has 1 amide bonds. The van der Waals surface area contributed by atoms with Crippen LogP contribution in [-0.2, 0) is 18.3 Å². The number of hydrogen-bond donors (Lipinski definition) is 2. The first-order valence-electron chi connectivity index (χ1n) is 11.0. The first kappa shape index (κ1) is 24.0. The molecule has 1 saturated carbocycles. The quantitative estimate of drug-likeness (QED) is 0.253. The minimum absolute atomic E-state index is 0. The van der Waals surface area contributed by atoms with Crippen molar-refractivity contribution in [3.8, 4) is 0 Å². The van der Waals surface area contributed by atoms with E-state index in [9.17, 15) is 4.79 Å². The summed E-state index contributed by atoms with van der Waals surface area (Å²) in [5.41, 5.74) is 1.25. The molecular weight excluding hydrogens is 479 g/mol. The maximum atomic E-state index is 12.8. The number of nitrogens with one attached hydrogen (secondary N) is 2. The van der Waals surface area contributed by atoms with E-state index in [1.807, 2.05) is 17.9 Å². The van der Waals surface area contributed by atoms with Gasteiger partial charge in [-0.25, -0.2) is 0 Å². The number of aliphatic imine (C=N–C) groups is 1. The standard InChI is InChI=1S/C21H36N6O.HI/c1-3-22-21(23-12-7-8-17-14-24-26(2)15-17)25-19-11-13-27(16-19)20(28)18-9-5-4-6-10-18;/h14-15,18-19H,3-13,16H2,1-2H3,(H2,22,23,25);1H. The molecule has 3 rings (SSSR count). The van der Waals surface area contributed by atoms with Gasteiger partial charge in [0.1, 0.15) is 0 Å². The molecule has 164 valence electrons. The van der Waals surface area contributed by atoms with Crippen molar-refractivity contribution in [3.05, 3.63) is 18.0 Å². The summed E-state index contributed by atoms with van der Waals surface area (Å²) < 4.78 is 1.84. The fourth-order valence-corrected chi connectivity index (χ4v) is 4.27. The molecule has 1 aliphatic heterocycles. The normalized spacial score (nSPS) is 20.4. The summed E-state index contributed by atoms with van der Waals surface area (Å²) in [6, 6.07) is 0.295. The maximum absolute atomic E-state index is 12.8. The molecule has 0 radical (unpaired) electrons. The van der Waals surface area contributed by atoms with Gasteiger partial charge in [0.2, 0.25) is 5.91 Å². The van der Waals surface area contributed by atoms with Crippen LogP contribution in [0, 0.1) is 5.92 Å². The van der Waals surface area contributed by atoms with Crippen molar-refractivity contribution in [1.82, 2.24) is 25.3 Å². The summed E-state index contributed by atoms with van der Waals surface area (Å²) >= 11 is 0. The van der Waals surface area contributed by atoms with Crippen molar-refractivity contribution in [3.63, 3.8) is 0 Å². The largest absolute Gasteiger partial charge is 0.357 e. The number of carbonyl (C=O) groups excluding carboxylic acids is 1. The number of amides is 1. The summed E-state index contributed by atoms with van der Waals surface area (Å²) in [5.74, 6) is 1.51. The van der Waals surface area contributed by atoms with E-state index in [4.69, 9.17) is 4.99 Å². The number of nitrogens with zero attached hydrogens (tertiary/aromatic N) is 4. The number of aryl methyl sites for hydroxylation is 2. The van der Waals surface area contributed by atoms with Crippen LogP contribution in [-0.4, -0.2) is 58.8 Å². The van der Waals surface area contributed by atoms with Crippen molar-refractivity contribution in [2.75, 3.05) is 26.2 Å². The Morgan fingerprint density at radius 1 is 1.28 bits per heavy atom. The van der Waals surface area contributed by atoms with E-state index >= 15 is 0 Å². The fraction of sp³-hybridized carbons (Fsp3) is 0.762. The van der Waals surface area contributed by atoms with Crippen LogP contribution in [0.3, 0.4) is 0 Å². The lowest BCUT2D eigenvalue weighted by Crippen LogP contribution is -2.45. The summed E-state index contributed by atoms with van der Waals surface area (Å²) in [6.07, 6.45) is 12.8. The molecule has 0 bridgehead atoms. The molecule has 1 aromatic heterocycles. The van der Waals surface area contributed by atoms with E-state index in [-0.39, 0.29) is 29.9 Å². The van der Waals surface area contributed by atoms with E-state index in [1.54, 1.807) is 0 Å². The third-order valence-corrected chi connectivity index (χ3v) is 5.79. The molecule has 0 spiro atoms. The van der Waals surface area contributed by atoms with Gasteiger partial charge in [-0.05, 0) is 44.6 Å². The van der Waals surface area contributed by atoms with Gasteiger partial charge in [-0.15, -0.1) is 24.0 Å². The van der Waals surface area contributed by atoms with Gasteiger partial charge in [0.05, 0.1) is 6.20 Å². The molecule has 1 aromatic rings. The smallest absolute Gasteiger partial charge is 0.225 e. The first-order valence-corrected chi connectivity index (χ1v) is 11.0. The molecule has 1 unspecified atom stereocenters. The highest BCUT2D eigenvalue weighted by molar-refractivity contribution is 14.0. The fourth-order valence-electron chi connectivity index (χ4n) is 4.27. The molecule has 2 fully saturated rings. The predicted octanol–water partition coefficient (Wildman–Crippen LogP) is 2.71. The monoisotopic (exact) mass is 516 g/mol. The van der Waals surface area contributed by atoms with Crippen molar-refractivity contribution < 1.29 is 4.79 Å². The average Bonchev–Trinajstić information content (AvgIpc) is 3.34. The Balaban J connectivity index is 0.00000300. The number of carbonyl (C=O) groups is 1. The predicted molar refractivity (Wildman–Crippen MR) is 128 cm³/mol. The number of aromatic nitrogens is 2. The molecule has 2 N–H and O–H groups in total. The van der Waals surface area contributed by atoms with E-state index in [1.165, 1.54) is 24.8 Å². The van der Waals surface area contributed by atoms with Gasteiger partial charge in [-0.3, -0.25) is 14.5 Å². The van der Waals surface area contributed by atoms with E-state index in [0.29, 0.717) is 11.9 Å². The summed E-state index contributed by atoms with van der Waals surface area (Å²) in [7, 11) is 1.94. The lowest BCUT2D eigenvalue weighted by molar-refractivity contribution is -0.135. The molecule has 2 heterocycles. The number of hydrogen-bond acceptors (Lipinski definition) is 3. The summed E-state index contributed by atoms with van der Waals surface area (Å²) in [5, 5.41) is 11.1. The highest BCUT2D eigenvalue weighted by Gasteiger charge is 2.31. The van der Waals surface area contributed by atoms with Crippen LogP contribution < -0.4 is 10.6 Å². The second-order valence-electron chi connectivity index (χ2n) is 8.14. The zero-order valence-electron chi connectivity index (χ0n) is 17.9. The molecule has 1 atom stereocenters. The maximum Gasteiger partial charge on any atom is 0.225 e. The van der Waals surface area contributed by atoms with Crippen molar-refractivity contribution >= 4 is 35.8 Å². The highest BCUT2D eigenvalue weighted by atomic mass is 127. The third kappa shape index (κ3) is 7.46. The van der Waals surface area contributed by atoms with Gasteiger partial charge < -0.3 is 15.5 Å². The topological polar surface area (TPSA) is 74.6 Å². The Morgan fingerprint density at radius 3 is 2.76 bits per heavy atom. The first-order chi connectivity index (χ1) is 13.7. The number of guanidine groups is 1. The minimum atomic E-state index is 0. The molecule has 1 saturated heterocycles. The molecule has 1 aliphatic carbocycles. The molecular formula is C21H37IN6O. The van der Waals surface area contributed by atoms with Crippen molar-refractivity contribution in [2.24, 2.45) is 18.0 Å². The van der Waals surface area contributed by atoms with Crippen LogP contribution in [0.4, 0.5) is 0 Å². The zero-order valence-corrected chi connectivity index (χ0v) is 20.2. The number of rotatable bonds is 7. The van der Waals surface area contributed by atoms with Gasteiger partial charge in [-0.2, -0.15) is 5.10 Å². The Kier molecular flexibility index (Phi) is 10.2. The van der Waals surface area contributed by atoms with Gasteiger partial charge in [0.15, 0.2) is 5.96 Å². The average molecular weight is 516 g/mol. The van der Waals surface area contributed by atoms with Gasteiger partial charge >= 0.3 is 0 Å². The Bertz CT molecular complexity index is 655. The van der Waals surface area contributed by atoms with Gasteiger partial charge in [0.25, 0.3) is 0 Å². The SMILES string of the molecule is CCNC(=NCCCc1cnn(C)c1)NC1CCN(C(=O)C2CCCCC2)C1.I. The zero-order chi connectivity index (χ0) is 19.8. The lowest BCUT2D eigenvalue weighted by atomic mass is 9.88. The second kappa shape index (κ2) is 12.4. The Hall–Kier alpha value is -1.32. The Morgan fingerprint density at radius 2 is 2.07 bits per heavy atom.